The summed E-state index contributed by atoms with van der Waals surface area (Å²) in [6, 6.07) is 12.4. The van der Waals surface area contributed by atoms with Crippen molar-refractivity contribution in [3.05, 3.63) is 60.6 Å². The van der Waals surface area contributed by atoms with Gasteiger partial charge in [-0.15, -0.1) is 0 Å². The summed E-state index contributed by atoms with van der Waals surface area (Å²) in [6.07, 6.45) is 2.85. The molecule has 0 aliphatic carbocycles. The third-order valence-corrected chi connectivity index (χ3v) is 4.80. The largest absolute Gasteiger partial charge is 0.304 e. The van der Waals surface area contributed by atoms with Gasteiger partial charge in [0.05, 0.1) is 16.9 Å². The highest BCUT2D eigenvalue weighted by Crippen LogP contribution is 2.24. The van der Waals surface area contributed by atoms with E-state index in [1.165, 1.54) is 18.5 Å². The summed E-state index contributed by atoms with van der Waals surface area (Å²) in [5.74, 6) is 0. The lowest BCUT2D eigenvalue weighted by atomic mass is 10.2. The van der Waals surface area contributed by atoms with Gasteiger partial charge < -0.3 is 4.90 Å². The molecule has 0 aliphatic rings. The highest BCUT2D eigenvalue weighted by Gasteiger charge is 2.16. The molecule has 124 valence electrons. The molecule has 0 aliphatic heterocycles. The van der Waals surface area contributed by atoms with E-state index in [1.807, 2.05) is 37.2 Å². The van der Waals surface area contributed by atoms with Gasteiger partial charge in [0.2, 0.25) is 0 Å². The molecule has 3 rings (SSSR count). The van der Waals surface area contributed by atoms with E-state index >= 15 is 0 Å². The predicted molar refractivity (Wildman–Crippen MR) is 94.2 cm³/mol. The number of sulfonamides is 1. The van der Waals surface area contributed by atoms with E-state index in [0.717, 1.165) is 11.1 Å². The number of nitrogens with one attached hydrogen (secondary N) is 1. The highest BCUT2D eigenvalue weighted by molar-refractivity contribution is 7.92. The summed E-state index contributed by atoms with van der Waals surface area (Å²) in [4.78, 5) is 10.6. The Morgan fingerprint density at radius 3 is 2.62 bits per heavy atom. The first-order valence-electron chi connectivity index (χ1n) is 7.42. The second-order valence-electron chi connectivity index (χ2n) is 5.71. The average molecular weight is 342 g/mol. The zero-order valence-corrected chi connectivity index (χ0v) is 14.3. The standard InChI is InChI=1S/C17H18N4O2S/c1-21(2)12-14-9-8-13-5-3-7-16(17(13)19-14)20-24(22,23)15-6-4-10-18-11-15/h3-11,20H,12H2,1-2H3. The van der Waals surface area contributed by atoms with Crippen molar-refractivity contribution in [1.29, 1.82) is 0 Å². The molecule has 0 radical (unpaired) electrons. The van der Waals surface area contributed by atoms with Gasteiger partial charge in [0.15, 0.2) is 0 Å². The van der Waals surface area contributed by atoms with Gasteiger partial charge in [-0.1, -0.05) is 18.2 Å². The van der Waals surface area contributed by atoms with Gasteiger partial charge >= 0.3 is 0 Å². The number of pyridine rings is 2. The third kappa shape index (κ3) is 3.52. The van der Waals surface area contributed by atoms with Crippen LogP contribution in [0.1, 0.15) is 5.69 Å². The maximum absolute atomic E-state index is 12.5. The van der Waals surface area contributed by atoms with Crippen LogP contribution in [0.3, 0.4) is 0 Å². The number of hydrogen-bond acceptors (Lipinski definition) is 5. The molecule has 0 saturated carbocycles. The van der Waals surface area contributed by atoms with Crippen molar-refractivity contribution in [2.24, 2.45) is 0 Å². The van der Waals surface area contributed by atoms with Crippen molar-refractivity contribution in [3.63, 3.8) is 0 Å². The van der Waals surface area contributed by atoms with E-state index in [2.05, 4.69) is 14.7 Å². The summed E-state index contributed by atoms with van der Waals surface area (Å²) in [6.45, 7) is 0.680. The molecule has 6 nitrogen and oxygen atoms in total. The fourth-order valence-corrected chi connectivity index (χ4v) is 3.42. The molecule has 0 amide bonds. The Morgan fingerprint density at radius 1 is 1.08 bits per heavy atom. The number of nitrogens with zero attached hydrogens (tertiary/aromatic N) is 3. The molecule has 0 spiro atoms. The van der Waals surface area contributed by atoms with Crippen LogP contribution in [0.5, 0.6) is 0 Å². The summed E-state index contributed by atoms with van der Waals surface area (Å²) in [5, 5.41) is 0.879. The normalized spacial score (nSPS) is 11.8. The first-order valence-corrected chi connectivity index (χ1v) is 8.90. The SMILES string of the molecule is CN(C)Cc1ccc2cccc(NS(=O)(=O)c3cccnc3)c2n1. The van der Waals surface area contributed by atoms with Crippen LogP contribution in [-0.2, 0) is 16.6 Å². The van der Waals surface area contributed by atoms with Crippen molar-refractivity contribution in [1.82, 2.24) is 14.9 Å². The molecule has 2 heterocycles. The van der Waals surface area contributed by atoms with Gasteiger partial charge in [0, 0.05) is 24.3 Å². The predicted octanol–water partition coefficient (Wildman–Crippen LogP) is 2.49. The lowest BCUT2D eigenvalue weighted by molar-refractivity contribution is 0.397. The first kappa shape index (κ1) is 16.4. The quantitative estimate of drug-likeness (QED) is 0.771. The zero-order valence-electron chi connectivity index (χ0n) is 13.5. The van der Waals surface area contributed by atoms with E-state index in [0.29, 0.717) is 17.7 Å². The molecule has 24 heavy (non-hydrogen) atoms. The molecule has 0 unspecified atom stereocenters. The number of para-hydroxylation sites is 1. The molecular formula is C17H18N4O2S. The second-order valence-corrected chi connectivity index (χ2v) is 7.39. The molecule has 1 N–H and O–H groups in total. The Morgan fingerprint density at radius 2 is 1.92 bits per heavy atom. The Balaban J connectivity index is 2.03. The number of hydrogen-bond donors (Lipinski definition) is 1. The van der Waals surface area contributed by atoms with Crippen LogP contribution in [0.2, 0.25) is 0 Å². The maximum atomic E-state index is 12.5. The molecule has 7 heteroatoms. The van der Waals surface area contributed by atoms with E-state index in [1.54, 1.807) is 18.2 Å². The van der Waals surface area contributed by atoms with E-state index in [-0.39, 0.29) is 4.90 Å². The number of aromatic nitrogens is 2. The molecule has 0 bridgehead atoms. The molecule has 0 saturated heterocycles. The van der Waals surface area contributed by atoms with Crippen LogP contribution in [-0.4, -0.2) is 37.4 Å². The second kappa shape index (κ2) is 6.54. The maximum Gasteiger partial charge on any atom is 0.263 e. The molecular weight excluding hydrogens is 324 g/mol. The monoisotopic (exact) mass is 342 g/mol. The molecule has 0 fully saturated rings. The number of rotatable bonds is 5. The fraction of sp³-hybridized carbons (Fsp3) is 0.176. The minimum atomic E-state index is -3.70. The van der Waals surface area contributed by atoms with E-state index in [4.69, 9.17) is 0 Å². The van der Waals surface area contributed by atoms with Crippen molar-refractivity contribution >= 4 is 26.6 Å². The Hall–Kier alpha value is -2.51. The zero-order chi connectivity index (χ0) is 17.2. The Bertz CT molecular complexity index is 957. The number of anilines is 1. The molecule has 0 atom stereocenters. The molecule has 3 aromatic rings. The smallest absolute Gasteiger partial charge is 0.263 e. The lowest BCUT2D eigenvalue weighted by Gasteiger charge is -2.13. The van der Waals surface area contributed by atoms with Gasteiger partial charge in [0.1, 0.15) is 4.90 Å². The van der Waals surface area contributed by atoms with Crippen LogP contribution in [0.15, 0.2) is 59.8 Å². The van der Waals surface area contributed by atoms with E-state index in [9.17, 15) is 8.42 Å². The minimum Gasteiger partial charge on any atom is -0.304 e. The van der Waals surface area contributed by atoms with Crippen molar-refractivity contribution in [2.75, 3.05) is 18.8 Å². The van der Waals surface area contributed by atoms with Gasteiger partial charge in [-0.05, 0) is 38.4 Å². The summed E-state index contributed by atoms with van der Waals surface area (Å²) in [5.41, 5.74) is 1.96. The Labute approximate surface area is 141 Å². The van der Waals surface area contributed by atoms with Crippen LogP contribution < -0.4 is 4.72 Å². The van der Waals surface area contributed by atoms with Gasteiger partial charge in [0.25, 0.3) is 10.0 Å². The third-order valence-electron chi connectivity index (χ3n) is 3.45. The number of fused-ring (bicyclic) bond motifs is 1. The van der Waals surface area contributed by atoms with Crippen LogP contribution in [0, 0.1) is 0 Å². The minimum absolute atomic E-state index is 0.117. The summed E-state index contributed by atoms with van der Waals surface area (Å²) >= 11 is 0. The average Bonchev–Trinajstić information content (AvgIpc) is 2.55. The highest BCUT2D eigenvalue weighted by atomic mass is 32.2. The van der Waals surface area contributed by atoms with E-state index < -0.39 is 10.0 Å². The lowest BCUT2D eigenvalue weighted by Crippen LogP contribution is -2.14. The van der Waals surface area contributed by atoms with Crippen LogP contribution >= 0.6 is 0 Å². The Kier molecular flexibility index (Phi) is 4.46. The first-order chi connectivity index (χ1) is 11.5. The van der Waals surface area contributed by atoms with Gasteiger partial charge in [-0.25, -0.2) is 13.4 Å². The van der Waals surface area contributed by atoms with Crippen molar-refractivity contribution in [2.45, 2.75) is 11.4 Å². The van der Waals surface area contributed by atoms with Crippen LogP contribution in [0.4, 0.5) is 5.69 Å². The van der Waals surface area contributed by atoms with Crippen LogP contribution in [0.25, 0.3) is 10.9 Å². The van der Waals surface area contributed by atoms with Gasteiger partial charge in [-0.2, -0.15) is 0 Å². The topological polar surface area (TPSA) is 75.2 Å². The number of benzene rings is 1. The van der Waals surface area contributed by atoms with Crippen molar-refractivity contribution < 1.29 is 8.42 Å². The van der Waals surface area contributed by atoms with Crippen molar-refractivity contribution in [3.8, 4) is 0 Å². The molecule has 2 aromatic heterocycles. The summed E-state index contributed by atoms with van der Waals surface area (Å²) < 4.78 is 27.7. The van der Waals surface area contributed by atoms with Gasteiger partial charge in [-0.3, -0.25) is 9.71 Å². The fourth-order valence-electron chi connectivity index (χ4n) is 2.39. The summed E-state index contributed by atoms with van der Waals surface area (Å²) in [7, 11) is 0.219. The molecule has 1 aromatic carbocycles.